The Kier molecular flexibility index (Phi) is 1.55. The zero-order valence-corrected chi connectivity index (χ0v) is 21.6. The molecule has 1 spiro atoms. The zero-order chi connectivity index (χ0) is 26.9. The van der Waals surface area contributed by atoms with E-state index in [0.29, 0.717) is 44.1 Å². The van der Waals surface area contributed by atoms with E-state index in [0.717, 1.165) is 12.1 Å². The molecule has 0 bridgehead atoms. The summed E-state index contributed by atoms with van der Waals surface area (Å²) in [5, 5.41) is 12.8. The summed E-state index contributed by atoms with van der Waals surface area (Å²) in [6, 6.07) is 10.5. The summed E-state index contributed by atoms with van der Waals surface area (Å²) in [4.78, 5) is 18.9. The third-order valence-corrected chi connectivity index (χ3v) is 62.6. The molecule has 4 nitrogen and oxygen atoms in total. The molecule has 12 heteroatoms. The van der Waals surface area contributed by atoms with Gasteiger partial charge in [0.25, 0.3) is 0 Å². The van der Waals surface area contributed by atoms with E-state index in [9.17, 15) is 36.4 Å². The molecule has 5 unspecified atom stereocenters. The van der Waals surface area contributed by atoms with Gasteiger partial charge in [0.05, 0.1) is 0 Å². The molecule has 0 saturated carbocycles. The molecule has 2 aromatic rings. The Morgan fingerprint density at radius 3 is 2.13 bits per heavy atom. The Bertz CT molecular complexity index is 2070. The standard InChI is InChI=1S/C22H13F6N2O2S.C5H5.Fe/c23-21(24,25)17-9-4-13(11-29)10-19(17)32-12-15-2-1-3-18(15)30-20(31)14-5-7-16(8-6-14)33-22(26,27)28;1-2-4-5-3-1;/h1-10H,12H2,(H,30,31);1-5H;. The van der Waals surface area contributed by atoms with Crippen molar-refractivity contribution >= 4 is 17.7 Å². The van der Waals surface area contributed by atoms with Gasteiger partial charge < -0.3 is 0 Å². The van der Waals surface area contributed by atoms with Crippen molar-refractivity contribution in [3.05, 3.63) is 59.2 Å². The number of nitrogens with zero attached hydrogens (tertiary/aromatic N) is 1. The number of halogens is 6. The van der Waals surface area contributed by atoms with E-state index in [1.54, 1.807) is 0 Å². The molecular weight excluding hydrogens is 586 g/mol. The molecule has 10 fully saturated rings. The van der Waals surface area contributed by atoms with Crippen molar-refractivity contribution in [1.82, 2.24) is 5.32 Å². The summed E-state index contributed by atoms with van der Waals surface area (Å²) in [6.45, 7) is -4.18. The number of ether oxygens (including phenoxy) is 1. The van der Waals surface area contributed by atoms with Gasteiger partial charge in [-0.05, 0) is 0 Å². The quantitative estimate of drug-likeness (QED) is 0.209. The fourth-order valence-electron chi connectivity index (χ4n) is 19.9. The number of benzene rings is 2. The van der Waals surface area contributed by atoms with Gasteiger partial charge in [-0.15, -0.1) is 0 Å². The van der Waals surface area contributed by atoms with Crippen LogP contribution >= 0.6 is 11.8 Å². The SMILES string of the molecule is N#Cc1ccc(C(F)(F)F)c(OC[C]23[CH]4[CH]5[CH]6[C]2(NC(=O)c2ccc(SC(F)(F)F)cc2)[Fe]54632789[CH]3[CH]2[CH]7[CH]8[CH]39)c1. The predicted molar refractivity (Wildman–Crippen MR) is 123 cm³/mol. The van der Waals surface area contributed by atoms with Gasteiger partial charge in [0.1, 0.15) is 0 Å². The molecule has 10 heterocycles. The molecule has 1 amide bonds. The number of amides is 1. The maximum atomic E-state index is 13.8. The van der Waals surface area contributed by atoms with Gasteiger partial charge in [-0.2, -0.15) is 0 Å². The van der Waals surface area contributed by atoms with Gasteiger partial charge >= 0.3 is 212 Å². The van der Waals surface area contributed by atoms with Gasteiger partial charge in [0, 0.05) is 0 Å². The van der Waals surface area contributed by atoms with Gasteiger partial charge in [-0.25, -0.2) is 0 Å². The summed E-state index contributed by atoms with van der Waals surface area (Å²) in [5.74, 6) is -0.620. The number of carbonyl (C=O) groups excluding carboxylic acids is 1. The number of fused-ring (bicyclic) bond motifs is 10. The Labute approximate surface area is 211 Å². The fraction of sp³-hybridized carbons (Fsp3) is 0.481. The number of nitrogens with one attached hydrogen (secondary N) is 1. The second-order valence-electron chi connectivity index (χ2n) is 15.0. The minimum absolute atomic E-state index is 0.00189. The van der Waals surface area contributed by atoms with Crippen molar-refractivity contribution in [3.63, 3.8) is 0 Å². The van der Waals surface area contributed by atoms with Crippen molar-refractivity contribution < 1.29 is 42.4 Å². The topological polar surface area (TPSA) is 62.1 Å². The number of alkyl halides is 6. The molecule has 0 aliphatic carbocycles. The number of thioether (sulfide) groups is 1. The van der Waals surface area contributed by atoms with Gasteiger partial charge in [-0.3, -0.25) is 0 Å². The van der Waals surface area contributed by atoms with E-state index >= 15 is 0 Å². The maximum absolute atomic E-state index is 13.8. The van der Waals surface area contributed by atoms with Crippen LogP contribution in [0.2, 0.25) is 42.8 Å². The van der Waals surface area contributed by atoms with E-state index in [1.165, 1.54) is 30.3 Å². The average Bonchev–Trinajstić information content (AvgIpc) is 3.82. The first-order valence-electron chi connectivity index (χ1n) is 12.8. The van der Waals surface area contributed by atoms with Crippen LogP contribution in [0, 0.1) is 11.3 Å². The molecule has 0 aromatic heterocycles. The molecule has 1 N–H and O–H groups in total. The molecule has 0 radical (unpaired) electrons. The van der Waals surface area contributed by atoms with Crippen LogP contribution in [0.4, 0.5) is 26.3 Å². The van der Waals surface area contributed by atoms with Crippen LogP contribution in [-0.4, -0.2) is 22.5 Å². The number of nitriles is 1. The van der Waals surface area contributed by atoms with E-state index in [4.69, 9.17) is 4.74 Å². The van der Waals surface area contributed by atoms with Crippen molar-refractivity contribution in [1.29, 1.82) is 5.26 Å². The Morgan fingerprint density at radius 1 is 0.974 bits per heavy atom. The zero-order valence-electron chi connectivity index (χ0n) is 19.7. The molecule has 10 aliphatic rings. The van der Waals surface area contributed by atoms with Crippen molar-refractivity contribution in [2.24, 2.45) is 0 Å². The summed E-state index contributed by atoms with van der Waals surface area (Å²) < 4.78 is 85.2. The Morgan fingerprint density at radius 2 is 1.62 bits per heavy atom. The van der Waals surface area contributed by atoms with Crippen LogP contribution in [-0.2, 0) is 12.7 Å². The third kappa shape index (κ3) is 0.531. The second-order valence-corrected chi connectivity index (χ2v) is 39.5. The van der Waals surface area contributed by atoms with Gasteiger partial charge in [0.15, 0.2) is 0 Å². The number of hydrogen-bond donors (Lipinski definition) is 1. The first kappa shape index (κ1) is 20.5. The molecule has 12 rings (SSSR count). The third-order valence-electron chi connectivity index (χ3n) is 18.7. The summed E-state index contributed by atoms with van der Waals surface area (Å²) in [6.07, 6.45) is -4.62. The van der Waals surface area contributed by atoms with Crippen molar-refractivity contribution in [3.8, 4) is 11.8 Å². The van der Waals surface area contributed by atoms with Crippen LogP contribution in [0.5, 0.6) is 5.75 Å². The van der Waals surface area contributed by atoms with Crippen LogP contribution in [0.25, 0.3) is 0 Å². The molecule has 204 valence electrons. The normalized spacial score (nSPS) is 60.8. The molecule has 10 aliphatic heterocycles. The summed E-state index contributed by atoms with van der Waals surface area (Å²) in [7, 11) is 0. The Balaban J connectivity index is 0.941. The number of rotatable bonds is 6. The van der Waals surface area contributed by atoms with Gasteiger partial charge in [-0.1, -0.05) is 0 Å². The van der Waals surface area contributed by atoms with Crippen LogP contribution < -0.4 is 10.1 Å². The first-order valence-corrected chi connectivity index (χ1v) is 19.8. The molecule has 5 atom stereocenters. The Hall–Kier alpha value is -2.35. The van der Waals surface area contributed by atoms with E-state index in [-0.39, 0.29) is 49.2 Å². The van der Waals surface area contributed by atoms with Crippen molar-refractivity contribution in [2.75, 3.05) is 6.61 Å². The van der Waals surface area contributed by atoms with Crippen LogP contribution in [0.1, 0.15) is 21.5 Å². The van der Waals surface area contributed by atoms with E-state index < -0.39 is 23.8 Å². The fourth-order valence-corrected chi connectivity index (χ4v) is 95.7. The van der Waals surface area contributed by atoms with E-state index in [2.05, 4.69) is 5.32 Å². The summed E-state index contributed by atoms with van der Waals surface area (Å²) >= 11 is -0.232. The molecular formula is C27H18F6FeN2O2S. The molecule has 39 heavy (non-hydrogen) atoms. The van der Waals surface area contributed by atoms with Crippen LogP contribution in [0.15, 0.2) is 47.4 Å². The van der Waals surface area contributed by atoms with E-state index in [1.807, 2.05) is 6.07 Å². The van der Waals surface area contributed by atoms with Crippen LogP contribution in [0.3, 0.4) is 0 Å². The van der Waals surface area contributed by atoms with Gasteiger partial charge in [0.2, 0.25) is 0 Å². The number of carbonyl (C=O) groups is 1. The molecule has 10 saturated heterocycles. The average molecular weight is 604 g/mol. The predicted octanol–water partition coefficient (Wildman–Crippen LogP) is 7.66. The first-order chi connectivity index (χ1) is 18.1. The second kappa shape index (κ2) is 2.94. The minimum atomic E-state index is -4.62. The summed E-state index contributed by atoms with van der Waals surface area (Å²) in [5.41, 5.74) is -4.92. The molecule has 2 aromatic carbocycles. The number of hydrogen-bond acceptors (Lipinski definition) is 4. The monoisotopic (exact) mass is 604 g/mol. The van der Waals surface area contributed by atoms with Crippen molar-refractivity contribution in [2.45, 2.75) is 63.9 Å².